The lowest BCUT2D eigenvalue weighted by Crippen LogP contribution is -2.08. The lowest BCUT2D eigenvalue weighted by atomic mass is 10.1. The Morgan fingerprint density at radius 2 is 2.00 bits per heavy atom. The van der Waals surface area contributed by atoms with Crippen LogP contribution in [-0.2, 0) is 10.9 Å². The van der Waals surface area contributed by atoms with E-state index in [4.69, 9.17) is 4.74 Å². The molecule has 0 atom stereocenters. The van der Waals surface area contributed by atoms with Crippen LogP contribution in [0.2, 0.25) is 0 Å². The number of hydrogen-bond acceptors (Lipinski definition) is 4. The van der Waals surface area contributed by atoms with E-state index in [-0.39, 0.29) is 23.6 Å². The van der Waals surface area contributed by atoms with Crippen LogP contribution < -0.4 is 0 Å². The van der Waals surface area contributed by atoms with E-state index < -0.39 is 23.5 Å². The Morgan fingerprint density at radius 1 is 1.22 bits per heavy atom. The van der Waals surface area contributed by atoms with Gasteiger partial charge in [-0.2, -0.15) is 18.3 Å². The maximum absolute atomic E-state index is 14.0. The van der Waals surface area contributed by atoms with E-state index in [0.29, 0.717) is 11.8 Å². The van der Waals surface area contributed by atoms with Gasteiger partial charge in [0.05, 0.1) is 29.7 Å². The van der Waals surface area contributed by atoms with Crippen LogP contribution in [0.15, 0.2) is 48.8 Å². The van der Waals surface area contributed by atoms with E-state index >= 15 is 0 Å². The SMILES string of the molecule is CCOC(=O)c1cc(-c2ccc(C(F)(F)F)c(F)c2)n(-c2cccnc2)n1. The minimum Gasteiger partial charge on any atom is -0.461 e. The predicted molar refractivity (Wildman–Crippen MR) is 87.7 cm³/mol. The highest BCUT2D eigenvalue weighted by molar-refractivity contribution is 5.89. The van der Waals surface area contributed by atoms with Gasteiger partial charge in [0.1, 0.15) is 5.82 Å². The van der Waals surface area contributed by atoms with E-state index in [9.17, 15) is 22.4 Å². The van der Waals surface area contributed by atoms with Crippen molar-refractivity contribution in [2.45, 2.75) is 13.1 Å². The summed E-state index contributed by atoms with van der Waals surface area (Å²) in [6, 6.07) is 7.10. The van der Waals surface area contributed by atoms with Gasteiger partial charge in [0.2, 0.25) is 0 Å². The zero-order chi connectivity index (χ0) is 19.6. The van der Waals surface area contributed by atoms with Crippen LogP contribution in [-0.4, -0.2) is 27.3 Å². The fourth-order valence-electron chi connectivity index (χ4n) is 2.47. The third-order valence-corrected chi connectivity index (χ3v) is 3.65. The Morgan fingerprint density at radius 3 is 2.59 bits per heavy atom. The molecule has 0 aliphatic heterocycles. The monoisotopic (exact) mass is 379 g/mol. The van der Waals surface area contributed by atoms with Crippen LogP contribution in [0.25, 0.3) is 16.9 Å². The summed E-state index contributed by atoms with van der Waals surface area (Å²) in [6.45, 7) is 1.75. The van der Waals surface area contributed by atoms with Crippen molar-refractivity contribution in [2.24, 2.45) is 0 Å². The Hall–Kier alpha value is -3.23. The van der Waals surface area contributed by atoms with Gasteiger partial charge in [-0.15, -0.1) is 0 Å². The second-order valence-corrected chi connectivity index (χ2v) is 5.45. The second-order valence-electron chi connectivity index (χ2n) is 5.45. The predicted octanol–water partition coefficient (Wildman–Crippen LogP) is 4.27. The number of pyridine rings is 1. The molecule has 0 unspecified atom stereocenters. The number of hydrogen-bond donors (Lipinski definition) is 0. The maximum atomic E-state index is 14.0. The van der Waals surface area contributed by atoms with Crippen molar-refractivity contribution in [1.82, 2.24) is 14.8 Å². The van der Waals surface area contributed by atoms with Crippen LogP contribution in [0, 0.1) is 5.82 Å². The van der Waals surface area contributed by atoms with Crippen molar-refractivity contribution in [3.63, 3.8) is 0 Å². The third kappa shape index (κ3) is 3.81. The minimum absolute atomic E-state index is 0.0593. The summed E-state index contributed by atoms with van der Waals surface area (Å²) in [5, 5.41) is 4.13. The molecule has 27 heavy (non-hydrogen) atoms. The molecule has 140 valence electrons. The van der Waals surface area contributed by atoms with E-state index in [0.717, 1.165) is 12.1 Å². The topological polar surface area (TPSA) is 57.0 Å². The Bertz CT molecular complexity index is 968. The molecule has 0 radical (unpaired) electrons. The molecule has 0 N–H and O–H groups in total. The normalized spacial score (nSPS) is 11.4. The molecule has 9 heteroatoms. The number of alkyl halides is 3. The molecular weight excluding hydrogens is 366 g/mol. The first-order chi connectivity index (χ1) is 12.8. The summed E-state index contributed by atoms with van der Waals surface area (Å²) in [4.78, 5) is 15.9. The minimum atomic E-state index is -4.80. The number of ether oxygens (including phenoxy) is 1. The molecule has 0 amide bonds. The van der Waals surface area contributed by atoms with Gasteiger partial charge >= 0.3 is 12.1 Å². The largest absolute Gasteiger partial charge is 0.461 e. The van der Waals surface area contributed by atoms with Crippen molar-refractivity contribution < 1.29 is 27.1 Å². The van der Waals surface area contributed by atoms with Crippen LogP contribution in [0.1, 0.15) is 23.0 Å². The lowest BCUT2D eigenvalue weighted by molar-refractivity contribution is -0.139. The number of nitrogens with zero attached hydrogens (tertiary/aromatic N) is 3. The molecule has 3 rings (SSSR count). The number of carbonyl (C=O) groups excluding carboxylic acids is 1. The fourth-order valence-corrected chi connectivity index (χ4v) is 2.47. The van der Waals surface area contributed by atoms with Crippen LogP contribution in [0.5, 0.6) is 0 Å². The van der Waals surface area contributed by atoms with Crippen LogP contribution in [0.3, 0.4) is 0 Å². The number of halogens is 4. The summed E-state index contributed by atoms with van der Waals surface area (Å²) in [6.07, 6.45) is -1.83. The molecule has 0 fully saturated rings. The first-order valence-electron chi connectivity index (χ1n) is 7.86. The summed E-state index contributed by atoms with van der Waals surface area (Å²) < 4.78 is 58.6. The van der Waals surface area contributed by atoms with Gasteiger partial charge in [0.15, 0.2) is 5.69 Å². The number of aromatic nitrogens is 3. The van der Waals surface area contributed by atoms with Gasteiger partial charge < -0.3 is 4.74 Å². The third-order valence-electron chi connectivity index (χ3n) is 3.65. The average molecular weight is 379 g/mol. The van der Waals surface area contributed by atoms with E-state index in [1.165, 1.54) is 23.1 Å². The van der Waals surface area contributed by atoms with Crippen molar-refractivity contribution in [2.75, 3.05) is 6.61 Å². The highest BCUT2D eigenvalue weighted by atomic mass is 19.4. The van der Waals surface area contributed by atoms with Gasteiger partial charge in [0.25, 0.3) is 0 Å². The molecule has 0 spiro atoms. The molecule has 1 aromatic carbocycles. The molecule has 0 aliphatic carbocycles. The molecule has 0 saturated carbocycles. The first kappa shape index (κ1) is 18.6. The van der Waals surface area contributed by atoms with E-state index in [1.54, 1.807) is 19.1 Å². The molecule has 2 heterocycles. The van der Waals surface area contributed by atoms with Crippen LogP contribution >= 0.6 is 0 Å². The molecular formula is C18H13F4N3O2. The highest BCUT2D eigenvalue weighted by Crippen LogP contribution is 2.34. The van der Waals surface area contributed by atoms with Crippen molar-refractivity contribution in [1.29, 1.82) is 0 Å². The molecule has 0 bridgehead atoms. The number of carbonyl (C=O) groups is 1. The van der Waals surface area contributed by atoms with Crippen molar-refractivity contribution in [3.8, 4) is 16.9 Å². The smallest absolute Gasteiger partial charge is 0.419 e. The maximum Gasteiger partial charge on any atom is 0.419 e. The second kappa shape index (κ2) is 7.18. The Kier molecular flexibility index (Phi) is 4.93. The summed E-state index contributed by atoms with van der Waals surface area (Å²) >= 11 is 0. The van der Waals surface area contributed by atoms with Crippen molar-refractivity contribution >= 4 is 5.97 Å². The van der Waals surface area contributed by atoms with Crippen molar-refractivity contribution in [3.05, 3.63) is 65.9 Å². The first-order valence-corrected chi connectivity index (χ1v) is 7.86. The quantitative estimate of drug-likeness (QED) is 0.502. The Balaban J connectivity index is 2.14. The lowest BCUT2D eigenvalue weighted by Gasteiger charge is -2.11. The molecule has 0 aliphatic rings. The van der Waals surface area contributed by atoms with Crippen LogP contribution in [0.4, 0.5) is 17.6 Å². The van der Waals surface area contributed by atoms with Gasteiger partial charge in [0, 0.05) is 11.8 Å². The number of esters is 1. The number of benzene rings is 1. The zero-order valence-electron chi connectivity index (χ0n) is 14.0. The zero-order valence-corrected chi connectivity index (χ0v) is 14.0. The summed E-state index contributed by atoms with van der Waals surface area (Å²) in [5.41, 5.74) is -0.644. The summed E-state index contributed by atoms with van der Waals surface area (Å²) in [7, 11) is 0. The fraction of sp³-hybridized carbons (Fsp3) is 0.167. The highest BCUT2D eigenvalue weighted by Gasteiger charge is 2.34. The standard InChI is InChI=1S/C18H13F4N3O2/c1-2-27-17(26)15-9-16(25(24-15)12-4-3-7-23-10-12)11-5-6-13(14(19)8-11)18(20,21)22/h3-10H,2H2,1H3. The van der Waals surface area contributed by atoms with Gasteiger partial charge in [-0.3, -0.25) is 4.98 Å². The van der Waals surface area contributed by atoms with E-state index in [1.807, 2.05) is 0 Å². The average Bonchev–Trinajstić information content (AvgIpc) is 3.07. The summed E-state index contributed by atoms with van der Waals surface area (Å²) in [5.74, 6) is -2.12. The molecule has 0 saturated heterocycles. The number of rotatable bonds is 4. The van der Waals surface area contributed by atoms with Gasteiger partial charge in [-0.25, -0.2) is 13.9 Å². The molecule has 2 aromatic heterocycles. The van der Waals surface area contributed by atoms with Gasteiger partial charge in [-0.1, -0.05) is 6.07 Å². The molecule has 5 nitrogen and oxygen atoms in total. The van der Waals surface area contributed by atoms with E-state index in [2.05, 4.69) is 10.1 Å². The molecule has 3 aromatic rings. The van der Waals surface area contributed by atoms with Gasteiger partial charge in [-0.05, 0) is 37.3 Å². The Labute approximate surface area is 151 Å².